The summed E-state index contributed by atoms with van der Waals surface area (Å²) in [6.45, 7) is 6.10. The van der Waals surface area contributed by atoms with Crippen LogP contribution in [0.4, 0.5) is 0 Å². The molecule has 0 saturated carbocycles. The van der Waals surface area contributed by atoms with Gasteiger partial charge in [-0.25, -0.2) is 4.68 Å². The van der Waals surface area contributed by atoms with Gasteiger partial charge in [-0.1, -0.05) is 53.7 Å². The summed E-state index contributed by atoms with van der Waals surface area (Å²) in [5, 5.41) is 12.7. The van der Waals surface area contributed by atoms with Crippen LogP contribution in [0.2, 0.25) is 0 Å². The van der Waals surface area contributed by atoms with E-state index in [0.717, 1.165) is 28.9 Å². The van der Waals surface area contributed by atoms with Crippen molar-refractivity contribution < 1.29 is 4.52 Å². The lowest BCUT2D eigenvalue weighted by molar-refractivity contribution is 0.430. The molecule has 6 heteroatoms. The number of aromatic nitrogens is 5. The van der Waals surface area contributed by atoms with Crippen LogP contribution in [-0.2, 0) is 6.42 Å². The van der Waals surface area contributed by atoms with Crippen molar-refractivity contribution >= 4 is 0 Å². The second-order valence-corrected chi connectivity index (χ2v) is 6.20. The van der Waals surface area contributed by atoms with Gasteiger partial charge in [-0.3, -0.25) is 0 Å². The predicted molar refractivity (Wildman–Crippen MR) is 98.9 cm³/mol. The Morgan fingerprint density at radius 1 is 1.04 bits per heavy atom. The standard InChI is InChI=1S/C20H19N5O/c1-4-15-9-7-10-16(12-15)25-14(3)18(22-24-25)20-21-19(23-26-20)17-11-6-5-8-13(17)2/h5-12H,4H2,1-3H3. The maximum absolute atomic E-state index is 5.46. The molecule has 4 rings (SSSR count). The minimum Gasteiger partial charge on any atom is -0.332 e. The summed E-state index contributed by atoms with van der Waals surface area (Å²) in [5.41, 5.74) is 5.72. The summed E-state index contributed by atoms with van der Waals surface area (Å²) in [6, 6.07) is 16.2. The molecule has 2 heterocycles. The maximum atomic E-state index is 5.46. The van der Waals surface area contributed by atoms with Gasteiger partial charge >= 0.3 is 0 Å². The minimum absolute atomic E-state index is 0.374. The second kappa shape index (κ2) is 6.55. The summed E-state index contributed by atoms with van der Waals surface area (Å²) < 4.78 is 7.26. The topological polar surface area (TPSA) is 69.6 Å². The first-order valence-corrected chi connectivity index (χ1v) is 8.59. The molecule has 130 valence electrons. The molecular formula is C20H19N5O. The molecule has 4 aromatic rings. The molecule has 0 amide bonds. The number of rotatable bonds is 4. The van der Waals surface area contributed by atoms with Gasteiger partial charge < -0.3 is 4.52 Å². The van der Waals surface area contributed by atoms with Crippen molar-refractivity contribution in [3.05, 3.63) is 65.4 Å². The average molecular weight is 345 g/mol. The lowest BCUT2D eigenvalue weighted by Crippen LogP contribution is -1.99. The molecule has 0 aliphatic heterocycles. The molecule has 0 aliphatic rings. The summed E-state index contributed by atoms with van der Waals surface area (Å²) >= 11 is 0. The fourth-order valence-electron chi connectivity index (χ4n) is 2.93. The van der Waals surface area contributed by atoms with E-state index in [1.807, 2.05) is 50.2 Å². The van der Waals surface area contributed by atoms with Gasteiger partial charge in [-0.15, -0.1) is 5.10 Å². The Labute approximate surface area is 151 Å². The van der Waals surface area contributed by atoms with Crippen LogP contribution < -0.4 is 0 Å². The van der Waals surface area contributed by atoms with E-state index in [-0.39, 0.29) is 0 Å². The monoisotopic (exact) mass is 345 g/mol. The van der Waals surface area contributed by atoms with E-state index in [9.17, 15) is 0 Å². The first kappa shape index (κ1) is 16.2. The molecule has 2 aromatic carbocycles. The molecular weight excluding hydrogens is 326 g/mol. The molecule has 0 atom stereocenters. The molecule has 0 fully saturated rings. The summed E-state index contributed by atoms with van der Waals surface area (Å²) in [7, 11) is 0. The van der Waals surface area contributed by atoms with E-state index in [1.165, 1.54) is 5.56 Å². The van der Waals surface area contributed by atoms with E-state index in [0.29, 0.717) is 17.4 Å². The summed E-state index contributed by atoms with van der Waals surface area (Å²) in [6.07, 6.45) is 0.970. The third kappa shape index (κ3) is 2.79. The average Bonchev–Trinajstić information content (AvgIpc) is 3.29. The van der Waals surface area contributed by atoms with E-state index in [1.54, 1.807) is 4.68 Å². The van der Waals surface area contributed by atoms with Crippen LogP contribution in [-0.4, -0.2) is 25.1 Å². The van der Waals surface area contributed by atoms with Crippen molar-refractivity contribution in [3.63, 3.8) is 0 Å². The van der Waals surface area contributed by atoms with Crippen LogP contribution in [0.3, 0.4) is 0 Å². The number of benzene rings is 2. The molecule has 0 radical (unpaired) electrons. The zero-order valence-corrected chi connectivity index (χ0v) is 15.0. The van der Waals surface area contributed by atoms with E-state index in [4.69, 9.17) is 4.52 Å². The van der Waals surface area contributed by atoms with Gasteiger partial charge in [-0.2, -0.15) is 4.98 Å². The fourth-order valence-corrected chi connectivity index (χ4v) is 2.93. The Balaban J connectivity index is 1.72. The lowest BCUT2D eigenvalue weighted by Gasteiger charge is -2.05. The lowest BCUT2D eigenvalue weighted by atomic mass is 10.1. The molecule has 0 aliphatic carbocycles. The molecule has 26 heavy (non-hydrogen) atoms. The molecule has 6 nitrogen and oxygen atoms in total. The molecule has 0 bridgehead atoms. The normalized spacial score (nSPS) is 11.0. The third-order valence-corrected chi connectivity index (χ3v) is 4.47. The van der Waals surface area contributed by atoms with Crippen molar-refractivity contribution in [1.82, 2.24) is 25.1 Å². The van der Waals surface area contributed by atoms with Crippen LogP contribution in [0.5, 0.6) is 0 Å². The predicted octanol–water partition coefficient (Wildman–Crippen LogP) is 4.16. The van der Waals surface area contributed by atoms with Gasteiger partial charge in [0.2, 0.25) is 5.82 Å². The Morgan fingerprint density at radius 3 is 2.69 bits per heavy atom. The zero-order valence-electron chi connectivity index (χ0n) is 15.0. The summed E-state index contributed by atoms with van der Waals surface area (Å²) in [4.78, 5) is 4.52. The van der Waals surface area contributed by atoms with Crippen molar-refractivity contribution in [2.45, 2.75) is 27.2 Å². The molecule has 0 unspecified atom stereocenters. The van der Waals surface area contributed by atoms with Crippen LogP contribution >= 0.6 is 0 Å². The number of hydrogen-bond acceptors (Lipinski definition) is 5. The van der Waals surface area contributed by atoms with Crippen LogP contribution in [0, 0.1) is 13.8 Å². The van der Waals surface area contributed by atoms with Crippen LogP contribution in [0.15, 0.2) is 53.1 Å². The Bertz CT molecular complexity index is 1060. The molecule has 0 N–H and O–H groups in total. The van der Waals surface area contributed by atoms with Gasteiger partial charge in [0.05, 0.1) is 11.4 Å². The number of aryl methyl sites for hydroxylation is 2. The number of nitrogens with zero attached hydrogens (tertiary/aromatic N) is 5. The minimum atomic E-state index is 0.374. The first-order valence-electron chi connectivity index (χ1n) is 8.59. The van der Waals surface area contributed by atoms with Gasteiger partial charge in [0.25, 0.3) is 5.89 Å². The SMILES string of the molecule is CCc1cccc(-n2nnc(-c3nc(-c4ccccc4C)no3)c2C)c1. The van der Waals surface area contributed by atoms with Crippen molar-refractivity contribution in [1.29, 1.82) is 0 Å². The van der Waals surface area contributed by atoms with Crippen LogP contribution in [0.25, 0.3) is 28.7 Å². The Morgan fingerprint density at radius 2 is 1.88 bits per heavy atom. The second-order valence-electron chi connectivity index (χ2n) is 6.20. The smallest absolute Gasteiger partial charge is 0.280 e. The highest BCUT2D eigenvalue weighted by molar-refractivity contribution is 5.62. The fraction of sp³-hybridized carbons (Fsp3) is 0.200. The first-order chi connectivity index (χ1) is 12.7. The Hall–Kier alpha value is -3.28. The highest BCUT2D eigenvalue weighted by Crippen LogP contribution is 2.26. The highest BCUT2D eigenvalue weighted by atomic mass is 16.5. The molecule has 2 aromatic heterocycles. The van der Waals surface area contributed by atoms with Crippen LogP contribution in [0.1, 0.15) is 23.7 Å². The quantitative estimate of drug-likeness (QED) is 0.555. The summed E-state index contributed by atoms with van der Waals surface area (Å²) in [5.74, 6) is 0.929. The van der Waals surface area contributed by atoms with Crippen molar-refractivity contribution in [2.75, 3.05) is 0 Å². The van der Waals surface area contributed by atoms with Gasteiger partial charge in [0, 0.05) is 5.56 Å². The third-order valence-electron chi connectivity index (χ3n) is 4.47. The zero-order chi connectivity index (χ0) is 18.1. The highest BCUT2D eigenvalue weighted by Gasteiger charge is 2.19. The number of hydrogen-bond donors (Lipinski definition) is 0. The largest absolute Gasteiger partial charge is 0.332 e. The van der Waals surface area contributed by atoms with Gasteiger partial charge in [0.15, 0.2) is 5.69 Å². The van der Waals surface area contributed by atoms with Gasteiger partial charge in [0.1, 0.15) is 0 Å². The van der Waals surface area contributed by atoms with Gasteiger partial charge in [-0.05, 0) is 43.5 Å². The van der Waals surface area contributed by atoms with Crippen molar-refractivity contribution in [3.8, 4) is 28.7 Å². The van der Waals surface area contributed by atoms with Crippen molar-refractivity contribution in [2.24, 2.45) is 0 Å². The Kier molecular flexibility index (Phi) is 4.08. The van der Waals surface area contributed by atoms with E-state index >= 15 is 0 Å². The molecule has 0 spiro atoms. The maximum Gasteiger partial charge on any atom is 0.280 e. The van der Waals surface area contributed by atoms with E-state index < -0.39 is 0 Å². The van der Waals surface area contributed by atoms with E-state index in [2.05, 4.69) is 39.5 Å². The molecule has 0 saturated heterocycles.